The zero-order valence-electron chi connectivity index (χ0n) is 5.52. The van der Waals surface area contributed by atoms with E-state index in [1.807, 2.05) is 0 Å². The molecule has 9 heavy (non-hydrogen) atoms. The van der Waals surface area contributed by atoms with Gasteiger partial charge in [-0.3, -0.25) is 4.79 Å². The summed E-state index contributed by atoms with van der Waals surface area (Å²) in [5.74, 6) is 0.591. The van der Waals surface area contributed by atoms with Crippen molar-refractivity contribution in [3.63, 3.8) is 0 Å². The van der Waals surface area contributed by atoms with Gasteiger partial charge in [-0.05, 0) is 0 Å². The molecule has 1 aliphatic heterocycles. The van der Waals surface area contributed by atoms with Crippen molar-refractivity contribution in [3.05, 3.63) is 0 Å². The van der Waals surface area contributed by atoms with Gasteiger partial charge < -0.3 is 10.1 Å². The fraction of sp³-hybridized carbons (Fsp3) is 0.833. The number of nitrogens with one attached hydrogen (secondary N) is 1. The molecule has 0 spiro atoms. The Bertz CT molecular complexity index is 110. The Morgan fingerprint density at radius 3 is 2.78 bits per heavy atom. The molecule has 1 amide bonds. The molecule has 0 atom stereocenters. The highest BCUT2D eigenvalue weighted by Crippen LogP contribution is 2.13. The van der Waals surface area contributed by atoms with Crippen molar-refractivity contribution in [2.45, 2.75) is 6.42 Å². The van der Waals surface area contributed by atoms with Crippen molar-refractivity contribution in [2.24, 2.45) is 5.92 Å². The van der Waals surface area contributed by atoms with Gasteiger partial charge in [-0.2, -0.15) is 0 Å². The number of hydrogen-bond donors (Lipinski definition) is 1. The summed E-state index contributed by atoms with van der Waals surface area (Å²) >= 11 is 0. The van der Waals surface area contributed by atoms with Gasteiger partial charge in [0.25, 0.3) is 0 Å². The van der Waals surface area contributed by atoms with Crippen LogP contribution in [0.4, 0.5) is 0 Å². The molecule has 1 heterocycles. The first kappa shape index (κ1) is 6.55. The molecule has 1 aliphatic rings. The zero-order valence-corrected chi connectivity index (χ0v) is 5.52. The lowest BCUT2D eigenvalue weighted by molar-refractivity contribution is -0.126. The highest BCUT2D eigenvalue weighted by atomic mass is 16.5. The van der Waals surface area contributed by atoms with Gasteiger partial charge in [0.1, 0.15) is 0 Å². The monoisotopic (exact) mass is 129 g/mol. The molecule has 0 unspecified atom stereocenters. The normalized spacial score (nSPS) is 18.8. The van der Waals surface area contributed by atoms with E-state index in [0.717, 1.165) is 13.2 Å². The Balaban J connectivity index is 2.09. The van der Waals surface area contributed by atoms with Gasteiger partial charge in [0.15, 0.2) is 0 Å². The van der Waals surface area contributed by atoms with E-state index in [0.29, 0.717) is 12.3 Å². The molecule has 0 saturated carbocycles. The van der Waals surface area contributed by atoms with E-state index in [2.05, 4.69) is 5.32 Å². The van der Waals surface area contributed by atoms with Crippen LogP contribution < -0.4 is 5.32 Å². The second-order valence-electron chi connectivity index (χ2n) is 2.28. The second kappa shape index (κ2) is 2.82. The molecule has 0 aromatic heterocycles. The average molecular weight is 129 g/mol. The summed E-state index contributed by atoms with van der Waals surface area (Å²) in [6, 6.07) is 0. The lowest BCUT2D eigenvalue weighted by atomic mass is 10.0. The van der Waals surface area contributed by atoms with Crippen LogP contribution in [0.5, 0.6) is 0 Å². The predicted molar refractivity (Wildman–Crippen MR) is 33.0 cm³/mol. The highest BCUT2D eigenvalue weighted by Gasteiger charge is 2.20. The third-order valence-electron chi connectivity index (χ3n) is 1.46. The van der Waals surface area contributed by atoms with Crippen molar-refractivity contribution in [2.75, 3.05) is 20.3 Å². The van der Waals surface area contributed by atoms with Gasteiger partial charge in [-0.15, -0.1) is 0 Å². The minimum atomic E-state index is 0.114. The number of carbonyl (C=O) groups is 1. The topological polar surface area (TPSA) is 38.3 Å². The van der Waals surface area contributed by atoms with Gasteiger partial charge in [-0.1, -0.05) is 0 Å². The van der Waals surface area contributed by atoms with Crippen LogP contribution >= 0.6 is 0 Å². The Labute approximate surface area is 54.4 Å². The Kier molecular flexibility index (Phi) is 2.05. The molecule has 1 rings (SSSR count). The lowest BCUT2D eigenvalue weighted by Gasteiger charge is -2.24. The van der Waals surface area contributed by atoms with Crippen LogP contribution in [-0.4, -0.2) is 26.2 Å². The number of amides is 1. The largest absolute Gasteiger partial charge is 0.381 e. The van der Waals surface area contributed by atoms with Crippen LogP contribution in [0.25, 0.3) is 0 Å². The predicted octanol–water partition coefficient (Wildman–Crippen LogP) is -0.231. The molecule has 0 aromatic carbocycles. The quantitative estimate of drug-likeness (QED) is 0.559. The molecule has 0 aliphatic carbocycles. The molecule has 0 bridgehead atoms. The molecular formula is C6H11NO2. The van der Waals surface area contributed by atoms with E-state index in [1.165, 1.54) is 0 Å². The van der Waals surface area contributed by atoms with Crippen LogP contribution in [0.3, 0.4) is 0 Å². The van der Waals surface area contributed by atoms with Crippen LogP contribution in [0.15, 0.2) is 0 Å². The maximum atomic E-state index is 10.6. The molecule has 1 fully saturated rings. The van der Waals surface area contributed by atoms with E-state index in [1.54, 1.807) is 7.05 Å². The van der Waals surface area contributed by atoms with Crippen molar-refractivity contribution in [1.29, 1.82) is 0 Å². The molecular weight excluding hydrogens is 118 g/mol. The fourth-order valence-corrected chi connectivity index (χ4v) is 0.767. The van der Waals surface area contributed by atoms with Crippen LogP contribution in [0, 0.1) is 5.92 Å². The summed E-state index contributed by atoms with van der Waals surface area (Å²) in [5, 5.41) is 2.57. The van der Waals surface area contributed by atoms with Gasteiger partial charge in [0.05, 0.1) is 13.2 Å². The summed E-state index contributed by atoms with van der Waals surface area (Å²) in [7, 11) is 1.65. The molecule has 3 heteroatoms. The first-order chi connectivity index (χ1) is 4.33. The summed E-state index contributed by atoms with van der Waals surface area (Å²) in [6.45, 7) is 1.51. The molecule has 0 radical (unpaired) electrons. The number of hydrogen-bond acceptors (Lipinski definition) is 2. The highest BCUT2D eigenvalue weighted by molar-refractivity contribution is 5.75. The van der Waals surface area contributed by atoms with Gasteiger partial charge in [0.2, 0.25) is 5.91 Å². The third kappa shape index (κ3) is 1.68. The van der Waals surface area contributed by atoms with Crippen LogP contribution in [0.2, 0.25) is 0 Å². The summed E-state index contributed by atoms with van der Waals surface area (Å²) in [5.41, 5.74) is 0. The van der Waals surface area contributed by atoms with Gasteiger partial charge in [0, 0.05) is 19.4 Å². The van der Waals surface area contributed by atoms with Gasteiger partial charge >= 0.3 is 0 Å². The Morgan fingerprint density at radius 2 is 2.44 bits per heavy atom. The second-order valence-corrected chi connectivity index (χ2v) is 2.28. The number of carbonyl (C=O) groups excluding carboxylic acids is 1. The first-order valence-electron chi connectivity index (χ1n) is 3.11. The summed E-state index contributed by atoms with van der Waals surface area (Å²) in [4.78, 5) is 10.6. The Hall–Kier alpha value is -0.570. The lowest BCUT2D eigenvalue weighted by Crippen LogP contribution is -2.32. The Morgan fingerprint density at radius 1 is 1.78 bits per heavy atom. The molecule has 1 N–H and O–H groups in total. The third-order valence-corrected chi connectivity index (χ3v) is 1.46. The smallest absolute Gasteiger partial charge is 0.220 e. The van der Waals surface area contributed by atoms with E-state index in [4.69, 9.17) is 4.74 Å². The van der Waals surface area contributed by atoms with Crippen molar-refractivity contribution >= 4 is 5.91 Å². The maximum absolute atomic E-state index is 10.6. The van der Waals surface area contributed by atoms with Crippen molar-refractivity contribution < 1.29 is 9.53 Å². The van der Waals surface area contributed by atoms with Crippen molar-refractivity contribution in [3.8, 4) is 0 Å². The van der Waals surface area contributed by atoms with Crippen LogP contribution in [-0.2, 0) is 9.53 Å². The number of ether oxygens (including phenoxy) is 1. The van der Waals surface area contributed by atoms with E-state index in [-0.39, 0.29) is 5.91 Å². The summed E-state index contributed by atoms with van der Waals surface area (Å²) < 4.78 is 4.90. The fourth-order valence-electron chi connectivity index (χ4n) is 0.767. The molecule has 1 saturated heterocycles. The molecule has 0 aromatic rings. The van der Waals surface area contributed by atoms with Crippen LogP contribution in [0.1, 0.15) is 6.42 Å². The molecule has 3 nitrogen and oxygen atoms in total. The standard InChI is InChI=1S/C6H11NO2/c1-7-6(8)2-5-3-9-4-5/h5H,2-4H2,1H3,(H,7,8). The van der Waals surface area contributed by atoms with E-state index >= 15 is 0 Å². The van der Waals surface area contributed by atoms with Gasteiger partial charge in [-0.25, -0.2) is 0 Å². The SMILES string of the molecule is CNC(=O)CC1COC1. The number of rotatable bonds is 2. The average Bonchev–Trinajstić information content (AvgIpc) is 1.78. The van der Waals surface area contributed by atoms with E-state index in [9.17, 15) is 4.79 Å². The first-order valence-corrected chi connectivity index (χ1v) is 3.11. The minimum Gasteiger partial charge on any atom is -0.381 e. The van der Waals surface area contributed by atoms with Crippen molar-refractivity contribution in [1.82, 2.24) is 5.32 Å². The minimum absolute atomic E-state index is 0.114. The molecule has 52 valence electrons. The van der Waals surface area contributed by atoms with E-state index < -0.39 is 0 Å². The summed E-state index contributed by atoms with van der Waals surface area (Å²) in [6.07, 6.45) is 0.622. The maximum Gasteiger partial charge on any atom is 0.220 e. The zero-order chi connectivity index (χ0) is 6.69.